The van der Waals surface area contributed by atoms with Gasteiger partial charge < -0.3 is 15.5 Å². The predicted molar refractivity (Wildman–Crippen MR) is 67.4 cm³/mol. The Kier molecular flexibility index (Phi) is 5.13. The van der Waals surface area contributed by atoms with Crippen LogP contribution in [0.2, 0.25) is 5.02 Å². The summed E-state index contributed by atoms with van der Waals surface area (Å²) in [6.07, 6.45) is -0.989. The van der Waals surface area contributed by atoms with E-state index in [-0.39, 0.29) is 22.9 Å². The Morgan fingerprint density at radius 3 is 2.76 bits per heavy atom. The highest BCUT2D eigenvalue weighted by Gasteiger charge is 2.18. The third kappa shape index (κ3) is 3.81. The number of rotatable bonds is 5. The van der Waals surface area contributed by atoms with E-state index in [9.17, 15) is 15.2 Å². The first-order chi connectivity index (χ1) is 7.95. The summed E-state index contributed by atoms with van der Waals surface area (Å²) in [5.41, 5.74) is 0.0152. The number of aliphatic hydroxyl groups is 2. The van der Waals surface area contributed by atoms with Crippen LogP contribution in [0.25, 0.3) is 0 Å². The lowest BCUT2D eigenvalue weighted by Gasteiger charge is -2.12. The lowest BCUT2D eigenvalue weighted by molar-refractivity contribution is -0.384. The van der Waals surface area contributed by atoms with Crippen LogP contribution in [0.3, 0.4) is 0 Å². The van der Waals surface area contributed by atoms with E-state index >= 15 is 0 Å². The van der Waals surface area contributed by atoms with E-state index in [2.05, 4.69) is 21.2 Å². The van der Waals surface area contributed by atoms with Crippen molar-refractivity contribution < 1.29 is 15.1 Å². The first kappa shape index (κ1) is 14.2. The van der Waals surface area contributed by atoms with Crippen molar-refractivity contribution in [3.63, 3.8) is 0 Å². The van der Waals surface area contributed by atoms with Crippen LogP contribution in [0.15, 0.2) is 16.6 Å². The Morgan fingerprint density at radius 1 is 1.59 bits per heavy atom. The van der Waals surface area contributed by atoms with E-state index in [1.807, 2.05) is 0 Å². The smallest absolute Gasteiger partial charge is 0.294 e. The number of nitrogens with one attached hydrogen (secondary N) is 1. The van der Waals surface area contributed by atoms with Gasteiger partial charge in [0.15, 0.2) is 0 Å². The topological polar surface area (TPSA) is 95.6 Å². The number of nitrogens with zero attached hydrogens (tertiary/aromatic N) is 1. The highest BCUT2D eigenvalue weighted by Crippen LogP contribution is 2.35. The van der Waals surface area contributed by atoms with Gasteiger partial charge in [-0.2, -0.15) is 0 Å². The van der Waals surface area contributed by atoms with Gasteiger partial charge in [-0.1, -0.05) is 11.6 Å². The average molecular weight is 326 g/mol. The zero-order valence-electron chi connectivity index (χ0n) is 8.56. The molecule has 0 saturated heterocycles. The first-order valence-electron chi connectivity index (χ1n) is 4.62. The van der Waals surface area contributed by atoms with Crippen molar-refractivity contribution in [1.82, 2.24) is 0 Å². The van der Waals surface area contributed by atoms with Crippen molar-refractivity contribution in [3.05, 3.63) is 31.7 Å². The minimum atomic E-state index is -0.989. The molecule has 0 fully saturated rings. The number of anilines is 1. The fraction of sp³-hybridized carbons (Fsp3) is 0.333. The molecule has 8 heteroatoms. The molecule has 1 unspecified atom stereocenters. The number of hydrogen-bond donors (Lipinski definition) is 3. The number of nitro groups is 1. The van der Waals surface area contributed by atoms with Gasteiger partial charge >= 0.3 is 0 Å². The molecular weight excluding hydrogens is 315 g/mol. The van der Waals surface area contributed by atoms with Crippen LogP contribution in [-0.4, -0.2) is 34.4 Å². The van der Waals surface area contributed by atoms with E-state index in [1.54, 1.807) is 0 Å². The molecule has 0 aliphatic rings. The van der Waals surface area contributed by atoms with E-state index in [1.165, 1.54) is 12.1 Å². The number of aliphatic hydroxyl groups excluding tert-OH is 2. The van der Waals surface area contributed by atoms with Gasteiger partial charge in [-0.25, -0.2) is 0 Å². The zero-order valence-corrected chi connectivity index (χ0v) is 10.9. The molecule has 1 aromatic rings. The molecule has 17 heavy (non-hydrogen) atoms. The summed E-state index contributed by atoms with van der Waals surface area (Å²) in [7, 11) is 0. The van der Waals surface area contributed by atoms with Crippen molar-refractivity contribution in [3.8, 4) is 0 Å². The standard InChI is InChI=1S/C9H10BrClN2O4/c10-7-1-5(11)2-8(13(16)17)9(7)12-3-6(15)4-14/h1-2,6,12,14-15H,3-4H2. The molecule has 0 heterocycles. The monoisotopic (exact) mass is 324 g/mol. The molecule has 0 aromatic heterocycles. The fourth-order valence-electron chi connectivity index (χ4n) is 1.16. The van der Waals surface area contributed by atoms with Crippen LogP contribution in [0.1, 0.15) is 0 Å². The summed E-state index contributed by atoms with van der Waals surface area (Å²) in [5, 5.41) is 31.5. The fourth-order valence-corrected chi connectivity index (χ4v) is 2.10. The minimum absolute atomic E-state index is 0.00241. The van der Waals surface area contributed by atoms with Gasteiger partial charge in [0.25, 0.3) is 5.69 Å². The molecule has 0 aliphatic carbocycles. The lowest BCUT2D eigenvalue weighted by atomic mass is 10.2. The van der Waals surface area contributed by atoms with Gasteiger partial charge in [0.05, 0.1) is 17.6 Å². The normalized spacial score (nSPS) is 12.2. The third-order valence-corrected chi connectivity index (χ3v) is 2.80. The van der Waals surface area contributed by atoms with E-state index in [4.69, 9.17) is 16.7 Å². The molecule has 0 amide bonds. The molecule has 0 aliphatic heterocycles. The highest BCUT2D eigenvalue weighted by atomic mass is 79.9. The van der Waals surface area contributed by atoms with Gasteiger partial charge in [-0.3, -0.25) is 10.1 Å². The summed E-state index contributed by atoms with van der Waals surface area (Å²) < 4.78 is 0.418. The largest absolute Gasteiger partial charge is 0.394 e. The molecule has 94 valence electrons. The minimum Gasteiger partial charge on any atom is -0.394 e. The Bertz CT molecular complexity index is 430. The molecule has 1 atom stereocenters. The predicted octanol–water partition coefficient (Wildman–Crippen LogP) is 1.78. The Morgan fingerprint density at radius 2 is 2.24 bits per heavy atom. The maximum atomic E-state index is 10.8. The molecule has 0 bridgehead atoms. The van der Waals surface area contributed by atoms with Gasteiger partial charge in [-0.15, -0.1) is 0 Å². The third-order valence-electron chi connectivity index (χ3n) is 1.96. The molecular formula is C9H10BrClN2O4. The van der Waals surface area contributed by atoms with Crippen molar-refractivity contribution in [2.24, 2.45) is 0 Å². The first-order valence-corrected chi connectivity index (χ1v) is 5.79. The van der Waals surface area contributed by atoms with Crippen molar-refractivity contribution in [1.29, 1.82) is 0 Å². The molecule has 0 radical (unpaired) electrons. The summed E-state index contributed by atoms with van der Waals surface area (Å²) >= 11 is 8.85. The summed E-state index contributed by atoms with van der Waals surface area (Å²) in [5.74, 6) is 0. The molecule has 0 spiro atoms. The Balaban J connectivity index is 3.00. The lowest BCUT2D eigenvalue weighted by Crippen LogP contribution is -2.23. The summed E-state index contributed by atoms with van der Waals surface area (Å²) in [6.45, 7) is -0.427. The Hall–Kier alpha value is -0.890. The maximum Gasteiger partial charge on any atom is 0.294 e. The van der Waals surface area contributed by atoms with Crippen LogP contribution in [0, 0.1) is 10.1 Å². The van der Waals surface area contributed by atoms with Crippen LogP contribution < -0.4 is 5.32 Å². The van der Waals surface area contributed by atoms with Crippen LogP contribution in [-0.2, 0) is 0 Å². The molecule has 3 N–H and O–H groups in total. The second-order valence-electron chi connectivity index (χ2n) is 3.26. The quantitative estimate of drug-likeness (QED) is 0.566. The average Bonchev–Trinajstić information content (AvgIpc) is 2.26. The number of halogens is 2. The van der Waals surface area contributed by atoms with E-state index in [0.717, 1.165) is 0 Å². The van der Waals surface area contributed by atoms with Gasteiger partial charge in [0.1, 0.15) is 5.69 Å². The summed E-state index contributed by atoms with van der Waals surface area (Å²) in [4.78, 5) is 10.2. The van der Waals surface area contributed by atoms with Crippen LogP contribution >= 0.6 is 27.5 Å². The second-order valence-corrected chi connectivity index (χ2v) is 4.55. The number of hydrogen-bond acceptors (Lipinski definition) is 5. The van der Waals surface area contributed by atoms with E-state index < -0.39 is 17.6 Å². The van der Waals surface area contributed by atoms with Gasteiger partial charge in [-0.05, 0) is 22.0 Å². The van der Waals surface area contributed by atoms with Crippen molar-refractivity contribution in [2.45, 2.75) is 6.10 Å². The zero-order chi connectivity index (χ0) is 13.0. The van der Waals surface area contributed by atoms with Crippen molar-refractivity contribution in [2.75, 3.05) is 18.5 Å². The molecule has 1 aromatic carbocycles. The molecule has 1 rings (SSSR count). The Labute approximate surface area is 110 Å². The van der Waals surface area contributed by atoms with E-state index in [0.29, 0.717) is 4.47 Å². The molecule has 0 saturated carbocycles. The van der Waals surface area contributed by atoms with Crippen LogP contribution in [0.5, 0.6) is 0 Å². The molecule has 6 nitrogen and oxygen atoms in total. The SMILES string of the molecule is O=[N+]([O-])c1cc(Cl)cc(Br)c1NCC(O)CO. The maximum absolute atomic E-state index is 10.8. The van der Waals surface area contributed by atoms with Gasteiger partial charge in [0, 0.05) is 22.1 Å². The summed E-state index contributed by atoms with van der Waals surface area (Å²) in [6, 6.07) is 2.71. The van der Waals surface area contributed by atoms with Gasteiger partial charge in [0.2, 0.25) is 0 Å². The highest BCUT2D eigenvalue weighted by molar-refractivity contribution is 9.10. The number of nitro benzene ring substituents is 1. The number of benzene rings is 1. The second kappa shape index (κ2) is 6.15. The van der Waals surface area contributed by atoms with Crippen molar-refractivity contribution >= 4 is 38.9 Å². The van der Waals surface area contributed by atoms with Crippen LogP contribution in [0.4, 0.5) is 11.4 Å².